The minimum Gasteiger partial charge on any atom is -0.490 e. The van der Waals surface area contributed by atoms with Gasteiger partial charge in [0, 0.05) is 23.5 Å². The number of amides is 1. The van der Waals surface area contributed by atoms with Crippen LogP contribution in [0, 0.1) is 18.7 Å². The first kappa shape index (κ1) is 16.4. The number of carbonyl (C=O) groups excluding carboxylic acids is 1. The minimum absolute atomic E-state index is 0.0695. The third-order valence-corrected chi connectivity index (χ3v) is 3.45. The highest BCUT2D eigenvalue weighted by Crippen LogP contribution is 2.27. The van der Waals surface area contributed by atoms with Crippen molar-refractivity contribution in [3.63, 3.8) is 0 Å². The zero-order valence-electron chi connectivity index (χ0n) is 13.2. The summed E-state index contributed by atoms with van der Waals surface area (Å²) in [6, 6.07) is 3.25. The summed E-state index contributed by atoms with van der Waals surface area (Å²) in [5.41, 5.74) is 2.63. The number of hydrazone groups is 1. The molecule has 0 fully saturated rings. The second kappa shape index (κ2) is 6.04. The molecular weight excluding hydrogens is 287 g/mol. The number of nitrogens with one attached hydrogen (secondary N) is 1. The number of rotatable bonds is 4. The van der Waals surface area contributed by atoms with Crippen LogP contribution in [0.5, 0.6) is 5.75 Å². The summed E-state index contributed by atoms with van der Waals surface area (Å²) in [6.07, 6.45) is 0.286. The molecule has 2 N–H and O–H groups in total. The Morgan fingerprint density at radius 2 is 2.18 bits per heavy atom. The summed E-state index contributed by atoms with van der Waals surface area (Å²) in [6.45, 7) is 6.76. The van der Waals surface area contributed by atoms with Gasteiger partial charge < -0.3 is 9.84 Å². The molecule has 120 valence electrons. The molecule has 0 radical (unpaired) electrons. The van der Waals surface area contributed by atoms with Crippen molar-refractivity contribution in [3.05, 3.63) is 29.1 Å². The number of nitrogens with zero attached hydrogens (tertiary/aromatic N) is 1. The third kappa shape index (κ3) is 3.62. The predicted molar refractivity (Wildman–Crippen MR) is 81.4 cm³/mol. The second-order valence-corrected chi connectivity index (χ2v) is 6.29. The molecule has 0 spiro atoms. The van der Waals surface area contributed by atoms with Crippen LogP contribution in [0.4, 0.5) is 4.39 Å². The van der Waals surface area contributed by atoms with Crippen molar-refractivity contribution in [3.8, 4) is 5.75 Å². The Hall–Kier alpha value is -1.95. The van der Waals surface area contributed by atoms with Crippen LogP contribution in [-0.2, 0) is 4.79 Å². The number of hydrogen-bond donors (Lipinski definition) is 2. The van der Waals surface area contributed by atoms with E-state index in [4.69, 9.17) is 4.74 Å². The van der Waals surface area contributed by atoms with E-state index in [1.54, 1.807) is 32.9 Å². The normalized spacial score (nSPS) is 18.7. The van der Waals surface area contributed by atoms with E-state index in [-0.39, 0.29) is 24.9 Å². The maximum atomic E-state index is 14.6. The van der Waals surface area contributed by atoms with Crippen LogP contribution in [0.3, 0.4) is 0 Å². The Labute approximate surface area is 129 Å². The largest absolute Gasteiger partial charge is 0.490 e. The number of carbonyl (C=O) groups is 1. The lowest BCUT2D eigenvalue weighted by Gasteiger charge is -2.22. The van der Waals surface area contributed by atoms with Gasteiger partial charge in [0.15, 0.2) is 0 Å². The highest BCUT2D eigenvalue weighted by atomic mass is 19.1. The molecule has 22 heavy (non-hydrogen) atoms. The van der Waals surface area contributed by atoms with Gasteiger partial charge in [0.2, 0.25) is 5.91 Å². The lowest BCUT2D eigenvalue weighted by molar-refractivity contribution is -0.121. The van der Waals surface area contributed by atoms with Gasteiger partial charge in [0.25, 0.3) is 0 Å². The van der Waals surface area contributed by atoms with Crippen molar-refractivity contribution in [2.24, 2.45) is 11.0 Å². The van der Waals surface area contributed by atoms with Crippen LogP contribution in [-0.4, -0.2) is 28.9 Å². The summed E-state index contributed by atoms with van der Waals surface area (Å²) in [5, 5.41) is 13.7. The van der Waals surface area contributed by atoms with E-state index in [9.17, 15) is 14.3 Å². The maximum absolute atomic E-state index is 14.6. The van der Waals surface area contributed by atoms with Crippen molar-refractivity contribution in [2.75, 3.05) is 6.61 Å². The molecule has 0 saturated carbocycles. The van der Waals surface area contributed by atoms with Gasteiger partial charge in [-0.25, -0.2) is 9.82 Å². The van der Waals surface area contributed by atoms with Crippen molar-refractivity contribution in [2.45, 2.75) is 39.7 Å². The molecule has 1 atom stereocenters. The molecule has 0 bridgehead atoms. The van der Waals surface area contributed by atoms with E-state index < -0.39 is 11.4 Å². The van der Waals surface area contributed by atoms with E-state index in [2.05, 4.69) is 10.5 Å². The monoisotopic (exact) mass is 308 g/mol. The number of ether oxygens (including phenoxy) is 1. The van der Waals surface area contributed by atoms with Gasteiger partial charge in [-0.2, -0.15) is 5.10 Å². The Kier molecular flexibility index (Phi) is 4.51. The number of hydrogen-bond acceptors (Lipinski definition) is 4. The Morgan fingerprint density at radius 1 is 1.50 bits per heavy atom. The molecule has 1 aromatic carbocycles. The number of benzene rings is 1. The van der Waals surface area contributed by atoms with E-state index in [0.717, 1.165) is 0 Å². The Morgan fingerprint density at radius 3 is 2.77 bits per heavy atom. The van der Waals surface area contributed by atoms with E-state index in [0.29, 0.717) is 22.6 Å². The fourth-order valence-electron chi connectivity index (χ4n) is 2.25. The highest BCUT2D eigenvalue weighted by molar-refractivity contribution is 6.06. The molecule has 0 saturated heterocycles. The van der Waals surface area contributed by atoms with Crippen LogP contribution in [0.25, 0.3) is 0 Å². The first-order valence-corrected chi connectivity index (χ1v) is 7.20. The molecule has 1 amide bonds. The van der Waals surface area contributed by atoms with E-state index >= 15 is 0 Å². The van der Waals surface area contributed by atoms with Gasteiger partial charge in [-0.3, -0.25) is 4.79 Å². The van der Waals surface area contributed by atoms with Gasteiger partial charge >= 0.3 is 0 Å². The summed E-state index contributed by atoms with van der Waals surface area (Å²) in [4.78, 5) is 11.3. The molecular formula is C16H21FN2O3. The maximum Gasteiger partial charge on any atom is 0.240 e. The van der Waals surface area contributed by atoms with Crippen LogP contribution >= 0.6 is 0 Å². The van der Waals surface area contributed by atoms with Crippen molar-refractivity contribution in [1.82, 2.24) is 5.43 Å². The molecule has 1 heterocycles. The molecule has 5 nitrogen and oxygen atoms in total. The molecule has 0 aromatic heterocycles. The minimum atomic E-state index is -0.992. The van der Waals surface area contributed by atoms with Gasteiger partial charge in [-0.05, 0) is 32.9 Å². The number of aliphatic hydroxyl groups is 1. The van der Waals surface area contributed by atoms with Crippen molar-refractivity contribution in [1.29, 1.82) is 0 Å². The lowest BCUT2D eigenvalue weighted by atomic mass is 9.92. The smallest absolute Gasteiger partial charge is 0.240 e. The van der Waals surface area contributed by atoms with Gasteiger partial charge in [-0.15, -0.1) is 0 Å². The van der Waals surface area contributed by atoms with Crippen molar-refractivity contribution < 1.29 is 19.0 Å². The van der Waals surface area contributed by atoms with Crippen LogP contribution in [0.1, 0.15) is 38.3 Å². The number of halogens is 1. The summed E-state index contributed by atoms with van der Waals surface area (Å²) in [5.74, 6) is -0.351. The third-order valence-electron chi connectivity index (χ3n) is 3.45. The molecule has 6 heteroatoms. The van der Waals surface area contributed by atoms with Crippen LogP contribution in [0.15, 0.2) is 17.2 Å². The molecule has 0 aliphatic carbocycles. The standard InChI is InChI=1S/C16H21FN2O3/c1-9-7-13(20)18-19-15(9)11-5-6-12(10(2)14(11)17)22-8-16(3,4)21/h5-6,9,21H,7-8H2,1-4H3,(H,18,20). The van der Waals surface area contributed by atoms with Gasteiger partial charge in [-0.1, -0.05) is 6.92 Å². The summed E-state index contributed by atoms with van der Waals surface area (Å²) < 4.78 is 20.1. The lowest BCUT2D eigenvalue weighted by Crippen LogP contribution is -2.32. The molecule has 1 unspecified atom stereocenters. The average molecular weight is 308 g/mol. The Bertz CT molecular complexity index is 621. The predicted octanol–water partition coefficient (Wildman–Crippen LogP) is 2.14. The van der Waals surface area contributed by atoms with Crippen molar-refractivity contribution >= 4 is 11.6 Å². The van der Waals surface area contributed by atoms with E-state index in [1.807, 2.05) is 6.92 Å². The zero-order chi connectivity index (χ0) is 16.5. The second-order valence-electron chi connectivity index (χ2n) is 6.29. The van der Waals surface area contributed by atoms with Gasteiger partial charge in [0.1, 0.15) is 18.2 Å². The quantitative estimate of drug-likeness (QED) is 0.895. The summed E-state index contributed by atoms with van der Waals surface area (Å²) in [7, 11) is 0. The highest BCUT2D eigenvalue weighted by Gasteiger charge is 2.25. The SMILES string of the molecule is Cc1c(OCC(C)(C)O)ccc(C2=NNC(=O)CC2C)c1F. The fraction of sp³-hybridized carbons (Fsp3) is 0.500. The molecule has 1 aliphatic rings. The fourth-order valence-corrected chi connectivity index (χ4v) is 2.25. The van der Waals surface area contributed by atoms with Crippen LogP contribution in [0.2, 0.25) is 0 Å². The molecule has 1 aliphatic heterocycles. The first-order valence-electron chi connectivity index (χ1n) is 7.20. The average Bonchev–Trinajstić information content (AvgIpc) is 2.40. The van der Waals surface area contributed by atoms with Gasteiger partial charge in [0.05, 0.1) is 11.3 Å². The zero-order valence-corrected chi connectivity index (χ0v) is 13.2. The topological polar surface area (TPSA) is 70.9 Å². The van der Waals surface area contributed by atoms with E-state index in [1.165, 1.54) is 0 Å². The Balaban J connectivity index is 2.29. The molecule has 2 rings (SSSR count). The summed E-state index contributed by atoms with van der Waals surface area (Å²) >= 11 is 0. The first-order chi connectivity index (χ1) is 10.2. The van der Waals surface area contributed by atoms with Crippen LogP contribution < -0.4 is 10.2 Å². The molecule has 1 aromatic rings.